The van der Waals surface area contributed by atoms with Crippen LogP contribution in [0.1, 0.15) is 50.2 Å². The Morgan fingerprint density at radius 1 is 1.05 bits per heavy atom. The number of anilines is 1. The Balaban J connectivity index is 1.77. The lowest BCUT2D eigenvalue weighted by Crippen LogP contribution is -2.54. The molecule has 1 aliphatic carbocycles. The zero-order valence-corrected chi connectivity index (χ0v) is 22.4. The molecule has 0 saturated heterocycles. The lowest BCUT2D eigenvalue weighted by molar-refractivity contribution is -0.376. The first kappa shape index (κ1) is 31.0. The van der Waals surface area contributed by atoms with Crippen LogP contribution < -0.4 is 9.62 Å². The minimum atomic E-state index is -6.14. The van der Waals surface area contributed by atoms with E-state index in [-0.39, 0.29) is 24.1 Å². The van der Waals surface area contributed by atoms with E-state index in [9.17, 15) is 54.2 Å². The third-order valence-corrected chi connectivity index (χ3v) is 9.57. The van der Waals surface area contributed by atoms with Crippen molar-refractivity contribution in [3.63, 3.8) is 0 Å². The highest BCUT2D eigenvalue weighted by Gasteiger charge is 2.71. The fraction of sp³-hybridized carbons (Fsp3) is 0.500. The molecule has 0 spiro atoms. The molecule has 1 aliphatic heterocycles. The Hall–Kier alpha value is -2.91. The molecule has 2 aromatic carbocycles. The first-order valence-corrected chi connectivity index (χ1v) is 14.0. The number of halogens is 7. The summed E-state index contributed by atoms with van der Waals surface area (Å²) >= 11 is 0. The van der Waals surface area contributed by atoms with Crippen LogP contribution in [0, 0.1) is 5.82 Å². The van der Waals surface area contributed by atoms with Gasteiger partial charge in [0.25, 0.3) is 15.6 Å². The Morgan fingerprint density at radius 3 is 2.20 bits per heavy atom. The number of sulfonamides is 1. The maximum Gasteiger partial charge on any atom is 0.430 e. The van der Waals surface area contributed by atoms with Crippen molar-refractivity contribution < 1.29 is 54.2 Å². The monoisotopic (exact) mass is 612 g/mol. The van der Waals surface area contributed by atoms with Crippen molar-refractivity contribution in [2.45, 2.75) is 86.0 Å². The van der Waals surface area contributed by atoms with Crippen molar-refractivity contribution >= 4 is 21.6 Å². The van der Waals surface area contributed by atoms with Crippen molar-refractivity contribution in [3.05, 3.63) is 59.4 Å². The van der Waals surface area contributed by atoms with E-state index in [1.54, 1.807) is 6.92 Å². The number of nitrogens with zero attached hydrogens (tertiary/aromatic N) is 1. The standard InChI is InChI=1S/C26H27F7N2O5S/c1-23(37)12-2-3-21(23)34-22(36)14-18-8-4-15-13-16(24(38,25(28,29)30)26(31,32)33)5-11-20(15)35(18)41(39,40)19-9-6-17(27)7-10-19/h5-7,9-11,13,18,21,37-38H,2-4,8,12,14H2,1H3,(H,34,36)/t18-,21+,23+/m0/s1. The van der Waals surface area contributed by atoms with Crippen LogP contribution in [0.2, 0.25) is 0 Å². The summed E-state index contributed by atoms with van der Waals surface area (Å²) in [5.74, 6) is -1.38. The number of alkyl halides is 6. The van der Waals surface area contributed by atoms with E-state index in [0.29, 0.717) is 31.4 Å². The second-order valence-electron chi connectivity index (χ2n) is 10.6. The van der Waals surface area contributed by atoms with Crippen molar-refractivity contribution in [3.8, 4) is 0 Å². The highest BCUT2D eigenvalue weighted by Crippen LogP contribution is 2.51. The molecular formula is C26H27F7N2O5S. The van der Waals surface area contributed by atoms with Gasteiger partial charge in [-0.05, 0) is 74.9 Å². The van der Waals surface area contributed by atoms with Gasteiger partial charge < -0.3 is 15.5 Å². The van der Waals surface area contributed by atoms with Crippen LogP contribution in [0.15, 0.2) is 47.4 Å². The van der Waals surface area contributed by atoms with E-state index in [0.717, 1.165) is 34.6 Å². The molecule has 15 heteroatoms. The predicted octanol–water partition coefficient (Wildman–Crippen LogP) is 4.46. The predicted molar refractivity (Wildman–Crippen MR) is 132 cm³/mol. The molecule has 1 saturated carbocycles. The molecule has 7 nitrogen and oxygen atoms in total. The third kappa shape index (κ3) is 5.63. The summed E-state index contributed by atoms with van der Waals surface area (Å²) in [6.45, 7) is 1.55. The molecule has 1 fully saturated rings. The first-order chi connectivity index (χ1) is 18.8. The highest BCUT2D eigenvalue weighted by molar-refractivity contribution is 7.92. The number of benzene rings is 2. The smallest absolute Gasteiger partial charge is 0.388 e. The largest absolute Gasteiger partial charge is 0.430 e. The molecule has 0 unspecified atom stereocenters. The van der Waals surface area contributed by atoms with Gasteiger partial charge in [-0.25, -0.2) is 12.8 Å². The van der Waals surface area contributed by atoms with Gasteiger partial charge in [-0.1, -0.05) is 12.1 Å². The number of aryl methyl sites for hydroxylation is 1. The molecular weight excluding hydrogens is 585 g/mol. The summed E-state index contributed by atoms with van der Waals surface area (Å²) in [5.41, 5.74) is -8.48. The van der Waals surface area contributed by atoms with E-state index >= 15 is 0 Å². The first-order valence-electron chi connectivity index (χ1n) is 12.6. The van der Waals surface area contributed by atoms with Gasteiger partial charge in [0.15, 0.2) is 0 Å². The van der Waals surface area contributed by atoms with Gasteiger partial charge in [0.1, 0.15) is 5.82 Å². The quantitative estimate of drug-likeness (QED) is 0.418. The number of aliphatic hydroxyl groups is 2. The van der Waals surface area contributed by atoms with Crippen LogP contribution in [0.25, 0.3) is 0 Å². The topological polar surface area (TPSA) is 107 Å². The molecule has 0 bridgehead atoms. The van der Waals surface area contributed by atoms with Gasteiger partial charge in [0.05, 0.1) is 28.3 Å². The van der Waals surface area contributed by atoms with E-state index in [1.807, 2.05) is 0 Å². The SMILES string of the molecule is C[C@@]1(O)CCC[C@H]1NC(=O)C[C@@H]1CCc2cc(C(O)(C(F)(F)F)C(F)(F)F)ccc2N1S(=O)(=O)c1ccc(F)cc1. The lowest BCUT2D eigenvalue weighted by atomic mass is 9.87. The minimum Gasteiger partial charge on any atom is -0.388 e. The van der Waals surface area contributed by atoms with Crippen molar-refractivity contribution in [2.75, 3.05) is 4.31 Å². The third-order valence-electron chi connectivity index (χ3n) is 7.69. The van der Waals surface area contributed by atoms with E-state index in [1.165, 1.54) is 0 Å². The van der Waals surface area contributed by atoms with Crippen molar-refractivity contribution in [2.24, 2.45) is 0 Å². The number of rotatable bonds is 6. The number of hydrogen-bond donors (Lipinski definition) is 3. The molecule has 4 rings (SSSR count). The average Bonchev–Trinajstić information content (AvgIpc) is 3.18. The minimum absolute atomic E-state index is 0.179. The fourth-order valence-corrected chi connectivity index (χ4v) is 7.14. The zero-order chi connectivity index (χ0) is 30.6. The number of hydrogen-bond acceptors (Lipinski definition) is 5. The van der Waals surface area contributed by atoms with Crippen molar-refractivity contribution in [1.29, 1.82) is 0 Å². The Bertz CT molecular complexity index is 1390. The molecule has 41 heavy (non-hydrogen) atoms. The van der Waals surface area contributed by atoms with Crippen LogP contribution >= 0.6 is 0 Å². The summed E-state index contributed by atoms with van der Waals surface area (Å²) in [6, 6.07) is 3.38. The molecule has 2 aromatic rings. The number of carbonyl (C=O) groups is 1. The van der Waals surface area contributed by atoms with Gasteiger partial charge in [0.2, 0.25) is 5.91 Å². The summed E-state index contributed by atoms with van der Waals surface area (Å²) in [5, 5.41) is 23.0. The van der Waals surface area contributed by atoms with Crippen LogP contribution in [-0.2, 0) is 26.8 Å². The van der Waals surface area contributed by atoms with Gasteiger partial charge in [-0.3, -0.25) is 9.10 Å². The second kappa shape index (κ2) is 10.4. The van der Waals surface area contributed by atoms with Crippen molar-refractivity contribution in [1.82, 2.24) is 5.32 Å². The maximum absolute atomic E-state index is 13.7. The Kier molecular flexibility index (Phi) is 7.89. The lowest BCUT2D eigenvalue weighted by Gasteiger charge is -2.39. The molecule has 1 amide bonds. The highest BCUT2D eigenvalue weighted by atomic mass is 32.2. The molecule has 226 valence electrons. The second-order valence-corrected chi connectivity index (χ2v) is 12.4. The van der Waals surface area contributed by atoms with Crippen LogP contribution in [0.5, 0.6) is 0 Å². The van der Waals surface area contributed by atoms with Crippen LogP contribution in [-0.4, -0.2) is 54.6 Å². The Labute approximate surface area is 231 Å². The number of amides is 1. The number of carbonyl (C=O) groups excluding carboxylic acids is 1. The van der Waals surface area contributed by atoms with E-state index in [2.05, 4.69) is 5.32 Å². The molecule has 1 heterocycles. The van der Waals surface area contributed by atoms with Crippen LogP contribution in [0.3, 0.4) is 0 Å². The average molecular weight is 613 g/mol. The van der Waals surface area contributed by atoms with Gasteiger partial charge >= 0.3 is 12.4 Å². The van der Waals surface area contributed by atoms with Gasteiger partial charge in [-0.15, -0.1) is 0 Å². The van der Waals surface area contributed by atoms with Crippen LogP contribution in [0.4, 0.5) is 36.4 Å². The number of nitrogens with one attached hydrogen (secondary N) is 1. The van der Waals surface area contributed by atoms with E-state index in [4.69, 9.17) is 0 Å². The van der Waals surface area contributed by atoms with Gasteiger partial charge in [0, 0.05) is 12.0 Å². The summed E-state index contributed by atoms with van der Waals surface area (Å²) < 4.78 is 123. The maximum atomic E-state index is 13.7. The van der Waals surface area contributed by atoms with Gasteiger partial charge in [-0.2, -0.15) is 26.3 Å². The summed E-state index contributed by atoms with van der Waals surface area (Å²) in [7, 11) is -4.61. The zero-order valence-electron chi connectivity index (χ0n) is 21.6. The summed E-state index contributed by atoms with van der Waals surface area (Å²) in [4.78, 5) is 12.5. The summed E-state index contributed by atoms with van der Waals surface area (Å²) in [6.07, 6.45) is -11.6. The molecule has 3 atom stereocenters. The molecule has 2 aliphatic rings. The normalized spacial score (nSPS) is 23.8. The molecule has 0 radical (unpaired) electrons. The molecule has 0 aromatic heterocycles. The fourth-order valence-electron chi connectivity index (χ4n) is 5.42. The molecule has 3 N–H and O–H groups in total. The van der Waals surface area contributed by atoms with E-state index < -0.39 is 74.3 Å². The Morgan fingerprint density at radius 2 is 1.66 bits per heavy atom. The number of fused-ring (bicyclic) bond motifs is 1.